The Morgan fingerprint density at radius 2 is 2.18 bits per heavy atom. The Kier molecular flexibility index (Phi) is 4.18. The van der Waals surface area contributed by atoms with Gasteiger partial charge in [-0.2, -0.15) is 5.10 Å². The van der Waals surface area contributed by atoms with Crippen LogP contribution >= 0.6 is 0 Å². The van der Waals surface area contributed by atoms with Crippen LogP contribution in [0.1, 0.15) is 34.1 Å². The molecule has 0 amide bonds. The van der Waals surface area contributed by atoms with E-state index < -0.39 is 0 Å². The summed E-state index contributed by atoms with van der Waals surface area (Å²) in [6.45, 7) is 8.24. The van der Waals surface area contributed by atoms with Crippen LogP contribution in [0.5, 0.6) is 5.75 Å². The number of aromatic nitrogens is 2. The summed E-state index contributed by atoms with van der Waals surface area (Å²) in [6.07, 6.45) is 0. The Balaban J connectivity index is 1.74. The summed E-state index contributed by atoms with van der Waals surface area (Å²) in [5.41, 5.74) is 5.82. The lowest BCUT2D eigenvalue weighted by molar-refractivity contribution is 0.267. The first-order chi connectivity index (χ1) is 10.6. The molecule has 1 aliphatic rings. The molecule has 0 spiro atoms. The first-order valence-electron chi connectivity index (χ1n) is 7.70. The van der Waals surface area contributed by atoms with E-state index in [9.17, 15) is 0 Å². The van der Waals surface area contributed by atoms with Crippen LogP contribution in [0, 0.1) is 20.8 Å². The van der Waals surface area contributed by atoms with Gasteiger partial charge < -0.3 is 15.2 Å². The van der Waals surface area contributed by atoms with Gasteiger partial charge >= 0.3 is 0 Å². The molecule has 5 nitrogen and oxygen atoms in total. The van der Waals surface area contributed by atoms with Crippen LogP contribution in [-0.4, -0.2) is 28.1 Å². The number of aliphatic hydroxyl groups excluding tert-OH is 1. The number of hydrogen-bond acceptors (Lipinski definition) is 4. The summed E-state index contributed by atoms with van der Waals surface area (Å²) >= 11 is 0. The molecule has 0 bridgehead atoms. The number of benzene rings is 1. The Morgan fingerprint density at radius 1 is 1.36 bits per heavy atom. The Hall–Kier alpha value is -1.85. The van der Waals surface area contributed by atoms with Gasteiger partial charge in [-0.1, -0.05) is 17.7 Å². The van der Waals surface area contributed by atoms with Crippen LogP contribution in [0.25, 0.3) is 0 Å². The molecule has 5 heteroatoms. The van der Waals surface area contributed by atoms with Gasteiger partial charge in [-0.15, -0.1) is 0 Å². The van der Waals surface area contributed by atoms with Crippen molar-refractivity contribution in [2.45, 2.75) is 39.9 Å². The molecule has 0 saturated carbocycles. The Bertz CT molecular complexity index is 679. The van der Waals surface area contributed by atoms with Crippen molar-refractivity contribution in [3.8, 4) is 5.75 Å². The number of ether oxygens (including phenoxy) is 1. The summed E-state index contributed by atoms with van der Waals surface area (Å²) in [5.74, 6) is 0.979. The van der Waals surface area contributed by atoms with Crippen molar-refractivity contribution in [2.24, 2.45) is 0 Å². The highest BCUT2D eigenvalue weighted by molar-refractivity contribution is 5.42. The van der Waals surface area contributed by atoms with Gasteiger partial charge in [0.05, 0.1) is 24.9 Å². The van der Waals surface area contributed by atoms with Crippen LogP contribution in [0.4, 0.5) is 0 Å². The van der Waals surface area contributed by atoms with Gasteiger partial charge in [0, 0.05) is 23.4 Å². The molecule has 0 fully saturated rings. The van der Waals surface area contributed by atoms with Crippen LogP contribution < -0.4 is 10.1 Å². The normalized spacial score (nSPS) is 16.6. The molecule has 0 aliphatic carbocycles. The SMILES string of the molecule is Cc1ccc2c(c1)C(NCc1c(C)nn(CCO)c1C)CO2. The molecular weight excluding hydrogens is 278 g/mol. The number of hydrogen-bond donors (Lipinski definition) is 2. The lowest BCUT2D eigenvalue weighted by atomic mass is 10.1. The number of nitrogens with one attached hydrogen (secondary N) is 1. The van der Waals surface area contributed by atoms with Crippen LogP contribution in [0.3, 0.4) is 0 Å². The van der Waals surface area contributed by atoms with Gasteiger partial charge in [0.15, 0.2) is 0 Å². The molecule has 1 atom stereocenters. The third-order valence-corrected chi connectivity index (χ3v) is 4.31. The number of aryl methyl sites for hydroxylation is 2. The molecule has 0 radical (unpaired) electrons. The minimum absolute atomic E-state index is 0.109. The zero-order valence-electron chi connectivity index (χ0n) is 13.4. The molecule has 2 N–H and O–H groups in total. The predicted octanol–water partition coefficient (Wildman–Crippen LogP) is 2.02. The molecule has 1 aromatic heterocycles. The van der Waals surface area contributed by atoms with Gasteiger partial charge in [0.2, 0.25) is 0 Å². The molecule has 1 aromatic carbocycles. The summed E-state index contributed by atoms with van der Waals surface area (Å²) in [6, 6.07) is 6.53. The molecule has 2 aromatic rings. The first kappa shape index (κ1) is 15.1. The predicted molar refractivity (Wildman–Crippen MR) is 85.0 cm³/mol. The van der Waals surface area contributed by atoms with Gasteiger partial charge in [-0.25, -0.2) is 0 Å². The van der Waals surface area contributed by atoms with E-state index in [-0.39, 0.29) is 12.6 Å². The lowest BCUT2D eigenvalue weighted by Crippen LogP contribution is -2.22. The minimum Gasteiger partial charge on any atom is -0.491 e. The van der Waals surface area contributed by atoms with E-state index in [0.29, 0.717) is 13.2 Å². The lowest BCUT2D eigenvalue weighted by Gasteiger charge is -2.12. The second kappa shape index (κ2) is 6.10. The summed E-state index contributed by atoms with van der Waals surface area (Å²) in [7, 11) is 0. The maximum Gasteiger partial charge on any atom is 0.124 e. The molecule has 1 aliphatic heterocycles. The average molecular weight is 301 g/mol. The third-order valence-electron chi connectivity index (χ3n) is 4.31. The highest BCUT2D eigenvalue weighted by Gasteiger charge is 2.24. The number of fused-ring (bicyclic) bond motifs is 1. The largest absolute Gasteiger partial charge is 0.491 e. The van der Waals surface area contributed by atoms with Gasteiger partial charge in [0.1, 0.15) is 12.4 Å². The Morgan fingerprint density at radius 3 is 2.95 bits per heavy atom. The molecule has 2 heterocycles. The highest BCUT2D eigenvalue weighted by atomic mass is 16.5. The average Bonchev–Trinajstić information content (AvgIpc) is 3.00. The zero-order valence-corrected chi connectivity index (χ0v) is 13.4. The van der Waals surface area contributed by atoms with E-state index in [1.165, 1.54) is 16.7 Å². The topological polar surface area (TPSA) is 59.3 Å². The molecule has 0 saturated heterocycles. The van der Waals surface area contributed by atoms with Gasteiger partial charge in [-0.3, -0.25) is 4.68 Å². The summed E-state index contributed by atoms with van der Waals surface area (Å²) < 4.78 is 7.61. The van der Waals surface area contributed by atoms with Crippen molar-refractivity contribution in [3.05, 3.63) is 46.3 Å². The maximum absolute atomic E-state index is 9.09. The fraction of sp³-hybridized carbons (Fsp3) is 0.471. The Labute approximate surface area is 130 Å². The van der Waals surface area contributed by atoms with Gasteiger partial charge in [0.25, 0.3) is 0 Å². The number of nitrogens with zero attached hydrogens (tertiary/aromatic N) is 2. The smallest absolute Gasteiger partial charge is 0.124 e. The maximum atomic E-state index is 9.09. The van der Waals surface area contributed by atoms with E-state index in [1.807, 2.05) is 17.7 Å². The highest BCUT2D eigenvalue weighted by Crippen LogP contribution is 2.33. The summed E-state index contributed by atoms with van der Waals surface area (Å²) in [4.78, 5) is 0. The second-order valence-electron chi connectivity index (χ2n) is 5.88. The number of rotatable bonds is 5. The van der Waals surface area contributed by atoms with Gasteiger partial charge in [-0.05, 0) is 26.8 Å². The van der Waals surface area contributed by atoms with E-state index in [4.69, 9.17) is 9.84 Å². The standard InChI is InChI=1S/C17H23N3O2/c1-11-4-5-17-14(8-11)16(10-22-17)18-9-15-12(2)19-20(6-7-21)13(15)3/h4-5,8,16,18,21H,6-7,9-10H2,1-3H3. The fourth-order valence-electron chi connectivity index (χ4n) is 3.03. The van der Waals surface area contributed by atoms with Crippen LogP contribution in [-0.2, 0) is 13.1 Å². The van der Waals surface area contributed by atoms with E-state index in [2.05, 4.69) is 36.4 Å². The van der Waals surface area contributed by atoms with Crippen molar-refractivity contribution in [3.63, 3.8) is 0 Å². The van der Waals surface area contributed by atoms with Crippen LogP contribution in [0.15, 0.2) is 18.2 Å². The van der Waals surface area contributed by atoms with E-state index in [1.54, 1.807) is 0 Å². The van der Waals surface area contributed by atoms with E-state index in [0.717, 1.165) is 23.7 Å². The summed E-state index contributed by atoms with van der Waals surface area (Å²) in [5, 5.41) is 17.2. The molecule has 3 rings (SSSR count). The van der Waals surface area contributed by atoms with Crippen molar-refractivity contribution in [2.75, 3.05) is 13.2 Å². The molecule has 118 valence electrons. The van der Waals surface area contributed by atoms with Crippen LogP contribution in [0.2, 0.25) is 0 Å². The number of aliphatic hydroxyl groups is 1. The fourth-order valence-corrected chi connectivity index (χ4v) is 3.03. The first-order valence-corrected chi connectivity index (χ1v) is 7.70. The third kappa shape index (κ3) is 2.74. The van der Waals surface area contributed by atoms with Crippen molar-refractivity contribution >= 4 is 0 Å². The zero-order chi connectivity index (χ0) is 15.7. The van der Waals surface area contributed by atoms with Crippen molar-refractivity contribution in [1.29, 1.82) is 0 Å². The monoisotopic (exact) mass is 301 g/mol. The quantitative estimate of drug-likeness (QED) is 0.887. The second-order valence-corrected chi connectivity index (χ2v) is 5.88. The van der Waals surface area contributed by atoms with Crippen molar-refractivity contribution < 1.29 is 9.84 Å². The van der Waals surface area contributed by atoms with Crippen molar-refractivity contribution in [1.82, 2.24) is 15.1 Å². The molecule has 1 unspecified atom stereocenters. The minimum atomic E-state index is 0.109. The molecule has 22 heavy (non-hydrogen) atoms. The molecular formula is C17H23N3O2. The van der Waals surface area contributed by atoms with E-state index >= 15 is 0 Å².